The van der Waals surface area contributed by atoms with Crippen LogP contribution in [-0.2, 0) is 4.74 Å². The quantitative estimate of drug-likeness (QED) is 0.843. The van der Waals surface area contributed by atoms with Crippen LogP contribution in [0.25, 0.3) is 0 Å². The van der Waals surface area contributed by atoms with Crippen LogP contribution >= 0.6 is 0 Å². The molecule has 0 radical (unpaired) electrons. The van der Waals surface area contributed by atoms with Crippen LogP contribution in [0.3, 0.4) is 0 Å². The van der Waals surface area contributed by atoms with Gasteiger partial charge < -0.3 is 14.8 Å². The Morgan fingerprint density at radius 2 is 1.83 bits per heavy atom. The maximum absolute atomic E-state index is 11.9. The van der Waals surface area contributed by atoms with Crippen molar-refractivity contribution in [2.45, 2.75) is 32.9 Å². The molecule has 18 heavy (non-hydrogen) atoms. The standard InChI is InChI=1S/C14H21NO3/c1-10(2)18-13-7-5-12(6-8-13)14(16)15-11(3)9-17-4/h5-8,10-11H,9H2,1-4H3,(H,15,16)/t11-/m0/s1. The van der Waals surface area contributed by atoms with E-state index in [0.29, 0.717) is 12.2 Å². The van der Waals surface area contributed by atoms with Gasteiger partial charge in [-0.15, -0.1) is 0 Å². The molecule has 0 unspecified atom stereocenters. The van der Waals surface area contributed by atoms with Crippen LogP contribution in [0, 0.1) is 0 Å². The van der Waals surface area contributed by atoms with Crippen molar-refractivity contribution in [3.63, 3.8) is 0 Å². The summed E-state index contributed by atoms with van der Waals surface area (Å²) in [4.78, 5) is 11.9. The minimum atomic E-state index is -0.101. The lowest BCUT2D eigenvalue weighted by molar-refractivity contribution is 0.0905. The Bertz CT molecular complexity index is 373. The molecule has 0 aliphatic carbocycles. The highest BCUT2D eigenvalue weighted by Crippen LogP contribution is 2.13. The SMILES string of the molecule is COC[C@H](C)NC(=O)c1ccc(OC(C)C)cc1. The first-order chi connectivity index (χ1) is 8.52. The lowest BCUT2D eigenvalue weighted by atomic mass is 10.2. The van der Waals surface area contributed by atoms with Crippen molar-refractivity contribution in [3.05, 3.63) is 29.8 Å². The summed E-state index contributed by atoms with van der Waals surface area (Å²) in [6.07, 6.45) is 0.131. The normalized spacial score (nSPS) is 12.3. The van der Waals surface area contributed by atoms with E-state index in [2.05, 4.69) is 5.32 Å². The number of methoxy groups -OCH3 is 1. The van der Waals surface area contributed by atoms with Crippen molar-refractivity contribution in [1.29, 1.82) is 0 Å². The van der Waals surface area contributed by atoms with Gasteiger partial charge in [-0.25, -0.2) is 0 Å². The van der Waals surface area contributed by atoms with Gasteiger partial charge in [0.25, 0.3) is 5.91 Å². The highest BCUT2D eigenvalue weighted by molar-refractivity contribution is 5.94. The van der Waals surface area contributed by atoms with E-state index >= 15 is 0 Å². The minimum Gasteiger partial charge on any atom is -0.491 e. The number of hydrogen-bond acceptors (Lipinski definition) is 3. The van der Waals surface area contributed by atoms with E-state index in [4.69, 9.17) is 9.47 Å². The minimum absolute atomic E-state index is 0.00547. The number of ether oxygens (including phenoxy) is 2. The second kappa shape index (κ2) is 7.01. The van der Waals surface area contributed by atoms with E-state index in [1.54, 1.807) is 31.4 Å². The molecule has 1 amide bonds. The van der Waals surface area contributed by atoms with E-state index in [9.17, 15) is 4.79 Å². The monoisotopic (exact) mass is 251 g/mol. The molecule has 1 N–H and O–H groups in total. The second-order valence-corrected chi connectivity index (χ2v) is 4.52. The number of carbonyl (C=O) groups is 1. The fourth-order valence-corrected chi connectivity index (χ4v) is 1.56. The molecule has 0 aromatic heterocycles. The molecule has 4 nitrogen and oxygen atoms in total. The van der Waals surface area contributed by atoms with Crippen molar-refractivity contribution in [1.82, 2.24) is 5.32 Å². The van der Waals surface area contributed by atoms with Gasteiger partial charge in [-0.3, -0.25) is 4.79 Å². The first kappa shape index (κ1) is 14.5. The van der Waals surface area contributed by atoms with Crippen molar-refractivity contribution in [2.24, 2.45) is 0 Å². The predicted molar refractivity (Wildman–Crippen MR) is 71.0 cm³/mol. The van der Waals surface area contributed by atoms with Gasteiger partial charge in [-0.1, -0.05) is 0 Å². The van der Waals surface area contributed by atoms with Gasteiger partial charge in [0.2, 0.25) is 0 Å². The fourth-order valence-electron chi connectivity index (χ4n) is 1.56. The molecule has 0 bridgehead atoms. The number of carbonyl (C=O) groups excluding carboxylic acids is 1. The first-order valence-corrected chi connectivity index (χ1v) is 6.09. The maximum Gasteiger partial charge on any atom is 0.251 e. The summed E-state index contributed by atoms with van der Waals surface area (Å²) < 4.78 is 10.5. The smallest absolute Gasteiger partial charge is 0.251 e. The van der Waals surface area contributed by atoms with Crippen molar-refractivity contribution in [2.75, 3.05) is 13.7 Å². The zero-order chi connectivity index (χ0) is 13.5. The summed E-state index contributed by atoms with van der Waals surface area (Å²) in [5.74, 6) is 0.669. The molecule has 0 heterocycles. The van der Waals surface area contributed by atoms with Crippen LogP contribution in [0.4, 0.5) is 0 Å². The van der Waals surface area contributed by atoms with Crippen LogP contribution < -0.4 is 10.1 Å². The average molecular weight is 251 g/mol. The summed E-state index contributed by atoms with van der Waals surface area (Å²) >= 11 is 0. The number of nitrogens with one attached hydrogen (secondary N) is 1. The molecule has 0 spiro atoms. The fraction of sp³-hybridized carbons (Fsp3) is 0.500. The Labute approximate surface area is 108 Å². The topological polar surface area (TPSA) is 47.6 Å². The van der Waals surface area contributed by atoms with E-state index < -0.39 is 0 Å². The van der Waals surface area contributed by atoms with Gasteiger partial charge in [0.1, 0.15) is 5.75 Å². The van der Waals surface area contributed by atoms with Crippen LogP contribution in [0.1, 0.15) is 31.1 Å². The molecule has 0 saturated carbocycles. The Hall–Kier alpha value is -1.55. The molecular weight excluding hydrogens is 230 g/mol. The van der Waals surface area contributed by atoms with Gasteiger partial charge >= 0.3 is 0 Å². The van der Waals surface area contributed by atoms with Gasteiger partial charge in [-0.2, -0.15) is 0 Å². The molecule has 100 valence electrons. The molecule has 1 rings (SSSR count). The van der Waals surface area contributed by atoms with Gasteiger partial charge in [0.15, 0.2) is 0 Å². The van der Waals surface area contributed by atoms with E-state index in [1.807, 2.05) is 20.8 Å². The zero-order valence-electron chi connectivity index (χ0n) is 11.4. The Kier molecular flexibility index (Phi) is 5.65. The summed E-state index contributed by atoms with van der Waals surface area (Å²) in [5, 5.41) is 2.85. The van der Waals surface area contributed by atoms with Crippen LogP contribution in [0.2, 0.25) is 0 Å². The summed E-state index contributed by atoms with van der Waals surface area (Å²) in [7, 11) is 1.61. The average Bonchev–Trinajstić information content (AvgIpc) is 2.29. The molecule has 0 fully saturated rings. The van der Waals surface area contributed by atoms with Gasteiger partial charge in [-0.05, 0) is 45.0 Å². The van der Waals surface area contributed by atoms with Crippen molar-refractivity contribution >= 4 is 5.91 Å². The lowest BCUT2D eigenvalue weighted by Crippen LogP contribution is -2.35. The second-order valence-electron chi connectivity index (χ2n) is 4.52. The molecule has 0 aliphatic rings. The molecule has 1 atom stereocenters. The highest BCUT2D eigenvalue weighted by Gasteiger charge is 2.09. The van der Waals surface area contributed by atoms with Crippen LogP contribution in [0.5, 0.6) is 5.75 Å². The molecular formula is C14H21NO3. The molecule has 0 saturated heterocycles. The van der Waals surface area contributed by atoms with Crippen molar-refractivity contribution in [3.8, 4) is 5.75 Å². The third-order valence-electron chi connectivity index (χ3n) is 2.28. The predicted octanol–water partition coefficient (Wildman–Crippen LogP) is 2.24. The molecule has 0 aliphatic heterocycles. The van der Waals surface area contributed by atoms with Gasteiger partial charge in [0.05, 0.1) is 12.7 Å². The van der Waals surface area contributed by atoms with E-state index in [0.717, 1.165) is 5.75 Å². The Balaban J connectivity index is 2.59. The molecule has 1 aromatic rings. The number of amides is 1. The number of hydrogen-bond donors (Lipinski definition) is 1. The Morgan fingerprint density at radius 1 is 1.22 bits per heavy atom. The number of benzene rings is 1. The van der Waals surface area contributed by atoms with Crippen molar-refractivity contribution < 1.29 is 14.3 Å². The zero-order valence-corrected chi connectivity index (χ0v) is 11.4. The number of rotatable bonds is 6. The maximum atomic E-state index is 11.9. The largest absolute Gasteiger partial charge is 0.491 e. The molecule has 1 aromatic carbocycles. The summed E-state index contributed by atoms with van der Waals surface area (Å²) in [6, 6.07) is 7.11. The summed E-state index contributed by atoms with van der Waals surface area (Å²) in [6.45, 7) is 6.33. The molecule has 4 heteroatoms. The van der Waals surface area contributed by atoms with Gasteiger partial charge in [0, 0.05) is 18.7 Å². The van der Waals surface area contributed by atoms with Crippen LogP contribution in [-0.4, -0.2) is 31.8 Å². The van der Waals surface area contributed by atoms with E-state index in [-0.39, 0.29) is 18.1 Å². The summed E-state index contributed by atoms with van der Waals surface area (Å²) in [5.41, 5.74) is 0.619. The van der Waals surface area contributed by atoms with Crippen LogP contribution in [0.15, 0.2) is 24.3 Å². The van der Waals surface area contributed by atoms with E-state index in [1.165, 1.54) is 0 Å². The Morgan fingerprint density at radius 3 is 2.33 bits per heavy atom. The third kappa shape index (κ3) is 4.75. The lowest BCUT2D eigenvalue weighted by Gasteiger charge is -2.13. The first-order valence-electron chi connectivity index (χ1n) is 6.09. The third-order valence-corrected chi connectivity index (χ3v) is 2.28. The highest BCUT2D eigenvalue weighted by atomic mass is 16.5.